The lowest BCUT2D eigenvalue weighted by atomic mass is 10.1. The van der Waals surface area contributed by atoms with Crippen LogP contribution < -0.4 is 10.7 Å². The van der Waals surface area contributed by atoms with E-state index in [1.165, 1.54) is 0 Å². The highest BCUT2D eigenvalue weighted by Crippen LogP contribution is 2.12. The van der Waals surface area contributed by atoms with Crippen LogP contribution >= 0.6 is 15.9 Å². The zero-order valence-corrected chi connectivity index (χ0v) is 16.6. The quantitative estimate of drug-likeness (QED) is 0.534. The van der Waals surface area contributed by atoms with Gasteiger partial charge < -0.3 is 5.32 Å². The van der Waals surface area contributed by atoms with Crippen LogP contribution in [0.2, 0.25) is 0 Å². The Kier molecular flexibility index (Phi) is 7.09. The topological polar surface area (TPSA) is 70.6 Å². The first-order chi connectivity index (χ1) is 12.3. The molecule has 26 heavy (non-hydrogen) atoms. The van der Waals surface area contributed by atoms with Gasteiger partial charge in [0.25, 0.3) is 5.91 Å². The molecule has 2 amide bonds. The fraction of sp³-hybridized carbons (Fsp3) is 0.250. The number of hydrazone groups is 1. The molecule has 2 N–H and O–H groups in total. The minimum atomic E-state index is -0.304. The second kappa shape index (κ2) is 9.29. The van der Waals surface area contributed by atoms with E-state index in [2.05, 4.69) is 31.8 Å². The van der Waals surface area contributed by atoms with E-state index in [1.807, 2.05) is 45.0 Å². The molecule has 0 saturated heterocycles. The lowest BCUT2D eigenvalue weighted by Gasteiger charge is -2.08. The molecule has 6 heteroatoms. The molecule has 0 aromatic heterocycles. The molecule has 2 aromatic rings. The Morgan fingerprint density at radius 2 is 1.58 bits per heavy atom. The van der Waals surface area contributed by atoms with Crippen LogP contribution in [0.25, 0.3) is 0 Å². The first-order valence-electron chi connectivity index (χ1n) is 8.35. The summed E-state index contributed by atoms with van der Waals surface area (Å²) in [4.78, 5) is 24.0. The van der Waals surface area contributed by atoms with Gasteiger partial charge in [-0.05, 0) is 54.8 Å². The molecule has 0 aliphatic carbocycles. The van der Waals surface area contributed by atoms with Crippen LogP contribution in [0.1, 0.15) is 43.1 Å². The molecule has 0 bridgehead atoms. The van der Waals surface area contributed by atoms with Gasteiger partial charge in [0, 0.05) is 22.1 Å². The molecular weight excluding hydrogens is 394 g/mol. The number of benzene rings is 2. The third-order valence-corrected chi connectivity index (χ3v) is 4.14. The van der Waals surface area contributed by atoms with E-state index in [-0.39, 0.29) is 11.8 Å². The van der Waals surface area contributed by atoms with Gasteiger partial charge in [0.15, 0.2) is 0 Å². The standard InChI is InChI=1S/C20H22BrN3O2/c1-13(2)12-19(25)22-18-10-6-16(7-11-18)20(26)24-23-14(3)15-4-8-17(21)9-5-15/h4-11,13H,12H2,1-3H3,(H,22,25)(H,24,26). The molecule has 2 rings (SSSR count). The molecule has 0 fully saturated rings. The van der Waals surface area contributed by atoms with Crippen LogP contribution in [-0.2, 0) is 4.79 Å². The number of hydrogen-bond donors (Lipinski definition) is 2. The number of carbonyl (C=O) groups excluding carboxylic acids is 2. The lowest BCUT2D eigenvalue weighted by molar-refractivity contribution is -0.116. The maximum absolute atomic E-state index is 12.2. The molecule has 0 spiro atoms. The van der Waals surface area contributed by atoms with Crippen molar-refractivity contribution in [2.75, 3.05) is 5.32 Å². The van der Waals surface area contributed by atoms with Gasteiger partial charge in [0.05, 0.1) is 5.71 Å². The first kappa shape index (κ1) is 19.8. The summed E-state index contributed by atoms with van der Waals surface area (Å²) in [5.41, 5.74) is 5.33. The summed E-state index contributed by atoms with van der Waals surface area (Å²) in [6.45, 7) is 5.81. The molecule has 136 valence electrons. The molecule has 0 aliphatic rings. The van der Waals surface area contributed by atoms with Crippen molar-refractivity contribution in [3.05, 3.63) is 64.1 Å². The average Bonchev–Trinajstić information content (AvgIpc) is 2.60. The highest BCUT2D eigenvalue weighted by atomic mass is 79.9. The summed E-state index contributed by atoms with van der Waals surface area (Å²) >= 11 is 3.38. The van der Waals surface area contributed by atoms with Gasteiger partial charge in [0.2, 0.25) is 5.91 Å². The second-order valence-corrected chi connectivity index (χ2v) is 7.28. The van der Waals surface area contributed by atoms with Crippen LogP contribution in [0.3, 0.4) is 0 Å². The molecule has 0 saturated carbocycles. The summed E-state index contributed by atoms with van der Waals surface area (Å²) in [6, 6.07) is 14.4. The fourth-order valence-corrected chi connectivity index (χ4v) is 2.51. The van der Waals surface area contributed by atoms with Gasteiger partial charge >= 0.3 is 0 Å². The molecule has 2 aromatic carbocycles. The number of hydrogen-bond acceptors (Lipinski definition) is 3. The Balaban J connectivity index is 1.96. The number of halogens is 1. The summed E-state index contributed by atoms with van der Waals surface area (Å²) in [7, 11) is 0. The van der Waals surface area contributed by atoms with E-state index in [1.54, 1.807) is 24.3 Å². The predicted octanol–water partition coefficient (Wildman–Crippen LogP) is 4.59. The highest BCUT2D eigenvalue weighted by molar-refractivity contribution is 9.10. The van der Waals surface area contributed by atoms with Crippen molar-refractivity contribution in [3.63, 3.8) is 0 Å². The predicted molar refractivity (Wildman–Crippen MR) is 108 cm³/mol. The number of rotatable bonds is 6. The van der Waals surface area contributed by atoms with Gasteiger partial charge in [-0.25, -0.2) is 5.43 Å². The highest BCUT2D eigenvalue weighted by Gasteiger charge is 2.08. The lowest BCUT2D eigenvalue weighted by Crippen LogP contribution is -2.19. The van der Waals surface area contributed by atoms with E-state index in [0.717, 1.165) is 10.0 Å². The van der Waals surface area contributed by atoms with E-state index < -0.39 is 0 Å². The number of anilines is 1. The Hall–Kier alpha value is -2.47. The minimum absolute atomic E-state index is 0.0353. The van der Waals surface area contributed by atoms with Crippen molar-refractivity contribution in [2.24, 2.45) is 11.0 Å². The van der Waals surface area contributed by atoms with Crippen LogP contribution in [0, 0.1) is 5.92 Å². The minimum Gasteiger partial charge on any atom is -0.326 e. The van der Waals surface area contributed by atoms with Gasteiger partial charge in [-0.1, -0.05) is 41.9 Å². The van der Waals surface area contributed by atoms with Crippen LogP contribution in [0.15, 0.2) is 58.1 Å². The zero-order chi connectivity index (χ0) is 19.1. The van der Waals surface area contributed by atoms with Crippen molar-refractivity contribution < 1.29 is 9.59 Å². The third kappa shape index (κ3) is 6.11. The van der Waals surface area contributed by atoms with Crippen LogP contribution in [0.4, 0.5) is 5.69 Å². The molecule has 5 nitrogen and oxygen atoms in total. The van der Waals surface area contributed by atoms with E-state index >= 15 is 0 Å². The molecule has 0 atom stereocenters. The van der Waals surface area contributed by atoms with Crippen molar-refractivity contribution >= 4 is 39.1 Å². The summed E-state index contributed by atoms with van der Waals surface area (Å²) in [6.07, 6.45) is 0.465. The summed E-state index contributed by atoms with van der Waals surface area (Å²) < 4.78 is 0.985. The molecule has 0 unspecified atom stereocenters. The van der Waals surface area contributed by atoms with E-state index in [0.29, 0.717) is 29.3 Å². The normalized spacial score (nSPS) is 11.3. The average molecular weight is 416 g/mol. The smallest absolute Gasteiger partial charge is 0.271 e. The maximum Gasteiger partial charge on any atom is 0.271 e. The van der Waals surface area contributed by atoms with E-state index in [4.69, 9.17) is 0 Å². The van der Waals surface area contributed by atoms with Gasteiger partial charge in [-0.15, -0.1) is 0 Å². The first-order valence-corrected chi connectivity index (χ1v) is 9.15. The molecule has 0 aliphatic heterocycles. The van der Waals surface area contributed by atoms with Crippen molar-refractivity contribution in [2.45, 2.75) is 27.2 Å². The Morgan fingerprint density at radius 1 is 1.00 bits per heavy atom. The van der Waals surface area contributed by atoms with Gasteiger partial charge in [0.1, 0.15) is 0 Å². The number of nitrogens with zero attached hydrogens (tertiary/aromatic N) is 1. The third-order valence-electron chi connectivity index (χ3n) is 3.61. The van der Waals surface area contributed by atoms with Crippen LogP contribution in [-0.4, -0.2) is 17.5 Å². The number of amides is 2. The summed E-state index contributed by atoms with van der Waals surface area (Å²) in [5, 5.41) is 6.95. The number of carbonyl (C=O) groups is 2. The molecule has 0 radical (unpaired) electrons. The Bertz CT molecular complexity index is 797. The fourth-order valence-electron chi connectivity index (χ4n) is 2.24. The van der Waals surface area contributed by atoms with Crippen LogP contribution in [0.5, 0.6) is 0 Å². The Morgan fingerprint density at radius 3 is 2.15 bits per heavy atom. The second-order valence-electron chi connectivity index (χ2n) is 6.37. The van der Waals surface area contributed by atoms with Crippen molar-refractivity contribution in [3.8, 4) is 0 Å². The maximum atomic E-state index is 12.2. The molecular formula is C20H22BrN3O2. The van der Waals surface area contributed by atoms with Crippen molar-refractivity contribution in [1.29, 1.82) is 0 Å². The van der Waals surface area contributed by atoms with E-state index in [9.17, 15) is 9.59 Å². The van der Waals surface area contributed by atoms with Crippen molar-refractivity contribution in [1.82, 2.24) is 5.43 Å². The van der Waals surface area contributed by atoms with Gasteiger partial charge in [-0.3, -0.25) is 9.59 Å². The molecule has 0 heterocycles. The zero-order valence-electron chi connectivity index (χ0n) is 15.0. The largest absolute Gasteiger partial charge is 0.326 e. The SMILES string of the molecule is CC(=NNC(=O)c1ccc(NC(=O)CC(C)C)cc1)c1ccc(Br)cc1. The number of nitrogens with one attached hydrogen (secondary N) is 2. The Labute approximate surface area is 162 Å². The summed E-state index contributed by atoms with van der Waals surface area (Å²) in [5.74, 6) is -0.0414. The van der Waals surface area contributed by atoms with Gasteiger partial charge in [-0.2, -0.15) is 5.10 Å². The monoisotopic (exact) mass is 415 g/mol.